The number of aliphatic hydroxyl groups excluding tert-OH is 2. The van der Waals surface area contributed by atoms with Crippen molar-refractivity contribution in [1.29, 1.82) is 0 Å². The van der Waals surface area contributed by atoms with Gasteiger partial charge in [0.2, 0.25) is 0 Å². The van der Waals surface area contributed by atoms with Gasteiger partial charge in [-0.05, 0) is 46.0 Å². The molecule has 2 fully saturated rings. The van der Waals surface area contributed by atoms with Crippen LogP contribution in [0.25, 0.3) is 6.08 Å². The van der Waals surface area contributed by atoms with Gasteiger partial charge in [0.25, 0.3) is 0 Å². The molecular weight excluding hydrogens is 505 g/mol. The Bertz CT molecular complexity index is 1090. The fourth-order valence-corrected chi connectivity index (χ4v) is 5.27. The van der Waals surface area contributed by atoms with Gasteiger partial charge in [-0.3, -0.25) is 9.59 Å². The molecule has 8 nitrogen and oxygen atoms in total. The van der Waals surface area contributed by atoms with Crippen LogP contribution in [0.15, 0.2) is 28.2 Å². The maximum atomic E-state index is 15.4. The molecule has 2 saturated heterocycles. The lowest BCUT2D eigenvalue weighted by molar-refractivity contribution is -0.155. The number of hydrogen-bond acceptors (Lipinski definition) is 8. The average molecular weight is 550 g/mol. The SMILES string of the molecule is CC(C)=CC[C@H]1C(=O)C(C)(C)[C@@H](O)CC(=O)O[C@H](C(F)=Cc2coc(C)n2)CC2OC2(C)CCC[C@H](C)[C@H]1O. The summed E-state index contributed by atoms with van der Waals surface area (Å²) in [6.45, 7) is 12.5. The number of Topliss-reactive ketones (excluding diaryl/α,β-unsaturated/α-hetero) is 1. The van der Waals surface area contributed by atoms with E-state index in [9.17, 15) is 19.8 Å². The van der Waals surface area contributed by atoms with E-state index in [2.05, 4.69) is 4.98 Å². The van der Waals surface area contributed by atoms with Gasteiger partial charge in [-0.2, -0.15) is 0 Å². The van der Waals surface area contributed by atoms with Crippen molar-refractivity contribution in [2.45, 2.75) is 117 Å². The van der Waals surface area contributed by atoms with Crippen molar-refractivity contribution in [3.8, 4) is 0 Å². The first-order valence-electron chi connectivity index (χ1n) is 13.8. The zero-order valence-electron chi connectivity index (χ0n) is 24.2. The van der Waals surface area contributed by atoms with E-state index in [0.29, 0.717) is 25.2 Å². The summed E-state index contributed by atoms with van der Waals surface area (Å²) in [5, 5.41) is 22.3. The first-order valence-corrected chi connectivity index (χ1v) is 13.8. The molecule has 218 valence electrons. The Morgan fingerprint density at radius 3 is 2.54 bits per heavy atom. The number of rotatable bonds is 4. The van der Waals surface area contributed by atoms with E-state index in [1.165, 1.54) is 6.26 Å². The third-order valence-electron chi connectivity index (χ3n) is 8.24. The van der Waals surface area contributed by atoms with Gasteiger partial charge in [-0.15, -0.1) is 0 Å². The van der Waals surface area contributed by atoms with Crippen LogP contribution < -0.4 is 0 Å². The van der Waals surface area contributed by atoms with Crippen molar-refractivity contribution < 1.29 is 38.1 Å². The minimum atomic E-state index is -1.39. The highest BCUT2D eigenvalue weighted by Crippen LogP contribution is 2.45. The minimum absolute atomic E-state index is 0.1000. The molecule has 0 amide bonds. The van der Waals surface area contributed by atoms with Crippen LogP contribution in [0, 0.1) is 24.2 Å². The van der Waals surface area contributed by atoms with E-state index in [1.54, 1.807) is 20.8 Å². The molecule has 0 saturated carbocycles. The lowest BCUT2D eigenvalue weighted by Crippen LogP contribution is -2.46. The predicted molar refractivity (Wildman–Crippen MR) is 144 cm³/mol. The number of aliphatic hydroxyl groups is 2. The molecule has 0 aliphatic carbocycles. The Morgan fingerprint density at radius 2 is 1.92 bits per heavy atom. The summed E-state index contributed by atoms with van der Waals surface area (Å²) in [6, 6.07) is 0. The van der Waals surface area contributed by atoms with Crippen molar-refractivity contribution in [3.05, 3.63) is 35.3 Å². The van der Waals surface area contributed by atoms with Gasteiger partial charge >= 0.3 is 5.97 Å². The summed E-state index contributed by atoms with van der Waals surface area (Å²) in [4.78, 5) is 30.8. The Kier molecular flexibility index (Phi) is 9.94. The number of ketones is 1. The molecule has 0 bridgehead atoms. The molecule has 1 aromatic heterocycles. The van der Waals surface area contributed by atoms with Gasteiger partial charge in [0.1, 0.15) is 23.6 Å². The summed E-state index contributed by atoms with van der Waals surface area (Å²) in [5.41, 5.74) is -0.578. The molecule has 3 rings (SSSR count). The number of hydrogen-bond donors (Lipinski definition) is 2. The van der Waals surface area contributed by atoms with Crippen LogP contribution in [0.2, 0.25) is 0 Å². The van der Waals surface area contributed by atoms with Crippen molar-refractivity contribution in [2.75, 3.05) is 0 Å². The number of oxazole rings is 1. The molecule has 0 aromatic carbocycles. The number of nitrogens with zero attached hydrogens (tertiary/aromatic N) is 1. The van der Waals surface area contributed by atoms with Gasteiger partial charge in [-0.1, -0.05) is 38.8 Å². The Hall–Kier alpha value is -2.36. The topological polar surface area (TPSA) is 122 Å². The van der Waals surface area contributed by atoms with E-state index < -0.39 is 53.5 Å². The van der Waals surface area contributed by atoms with Crippen molar-refractivity contribution >= 4 is 17.8 Å². The number of cyclic esters (lactones) is 1. The molecule has 2 N–H and O–H groups in total. The Morgan fingerprint density at radius 1 is 1.23 bits per heavy atom. The third kappa shape index (κ3) is 7.86. The number of allylic oxidation sites excluding steroid dienone is 2. The number of aromatic nitrogens is 1. The third-order valence-corrected chi connectivity index (χ3v) is 8.24. The first kappa shape index (κ1) is 31.2. The molecule has 2 unspecified atom stereocenters. The fraction of sp³-hybridized carbons (Fsp3) is 0.700. The largest absolute Gasteiger partial charge is 0.455 e. The molecule has 2 aliphatic rings. The lowest BCUT2D eigenvalue weighted by atomic mass is 9.71. The normalized spacial score (nSPS) is 34.7. The fourth-order valence-electron chi connectivity index (χ4n) is 5.27. The quantitative estimate of drug-likeness (QED) is 0.297. The molecule has 2 aliphatic heterocycles. The van der Waals surface area contributed by atoms with Gasteiger partial charge in [0.05, 0.1) is 35.7 Å². The predicted octanol–water partition coefficient (Wildman–Crippen LogP) is 5.25. The zero-order valence-corrected chi connectivity index (χ0v) is 24.2. The molecule has 9 heteroatoms. The van der Waals surface area contributed by atoms with Crippen LogP contribution in [0.5, 0.6) is 0 Å². The van der Waals surface area contributed by atoms with Gasteiger partial charge in [0, 0.05) is 25.3 Å². The van der Waals surface area contributed by atoms with Crippen LogP contribution >= 0.6 is 0 Å². The molecule has 0 radical (unpaired) electrons. The number of carbonyl (C=O) groups excluding carboxylic acids is 2. The molecule has 39 heavy (non-hydrogen) atoms. The van der Waals surface area contributed by atoms with E-state index in [4.69, 9.17) is 13.9 Å². The number of halogens is 1. The molecule has 1 aromatic rings. The van der Waals surface area contributed by atoms with Gasteiger partial charge in [0.15, 0.2) is 12.0 Å². The van der Waals surface area contributed by atoms with E-state index in [-0.39, 0.29) is 29.9 Å². The lowest BCUT2D eigenvalue weighted by Gasteiger charge is -2.35. The number of esters is 1. The van der Waals surface area contributed by atoms with Crippen molar-refractivity contribution in [1.82, 2.24) is 4.98 Å². The molecule has 7 atom stereocenters. The maximum Gasteiger partial charge on any atom is 0.309 e. The standard InChI is InChI=1S/C30H44FNO7/c1-17(2)10-11-21-27(35)18(3)9-8-12-30(7)25(39-30)14-23(22(31)13-20-16-37-19(4)32-20)38-26(34)15-24(33)29(5,6)28(21)36/h10,13,16,18,21,23-25,27,33,35H,8-9,11-12,14-15H2,1-7H3/t18-,21+,23-,24-,25?,27+,30?/m0/s1. The summed E-state index contributed by atoms with van der Waals surface area (Å²) in [6.07, 6.45) is 2.52. The van der Waals surface area contributed by atoms with Crippen LogP contribution in [0.1, 0.15) is 91.7 Å². The number of ether oxygens (including phenoxy) is 2. The zero-order chi connectivity index (χ0) is 29.1. The number of aryl methyl sites for hydroxylation is 1. The van der Waals surface area contributed by atoms with Crippen LogP contribution in [0.4, 0.5) is 4.39 Å². The summed E-state index contributed by atoms with van der Waals surface area (Å²) in [7, 11) is 0. The highest BCUT2D eigenvalue weighted by Gasteiger charge is 2.53. The summed E-state index contributed by atoms with van der Waals surface area (Å²) >= 11 is 0. The second kappa shape index (κ2) is 12.4. The number of epoxide rings is 1. The van der Waals surface area contributed by atoms with Crippen molar-refractivity contribution in [3.63, 3.8) is 0 Å². The number of carbonyl (C=O) groups is 2. The van der Waals surface area contributed by atoms with Crippen LogP contribution in [-0.2, 0) is 19.1 Å². The van der Waals surface area contributed by atoms with E-state index >= 15 is 4.39 Å². The van der Waals surface area contributed by atoms with E-state index in [1.807, 2.05) is 33.8 Å². The Labute approximate surface area is 230 Å². The van der Waals surface area contributed by atoms with Crippen molar-refractivity contribution in [2.24, 2.45) is 17.3 Å². The monoisotopic (exact) mass is 549 g/mol. The van der Waals surface area contributed by atoms with Crippen LogP contribution in [-0.4, -0.2) is 57.0 Å². The van der Waals surface area contributed by atoms with Gasteiger partial charge in [-0.25, -0.2) is 9.37 Å². The first-order chi connectivity index (χ1) is 18.1. The smallest absolute Gasteiger partial charge is 0.309 e. The van der Waals surface area contributed by atoms with Crippen LogP contribution in [0.3, 0.4) is 0 Å². The highest BCUT2D eigenvalue weighted by molar-refractivity contribution is 5.88. The van der Waals surface area contributed by atoms with Gasteiger partial charge < -0.3 is 24.1 Å². The minimum Gasteiger partial charge on any atom is -0.455 e. The number of fused-ring (bicyclic) bond motifs is 1. The summed E-state index contributed by atoms with van der Waals surface area (Å²) in [5.74, 6) is -2.41. The second-order valence-corrected chi connectivity index (χ2v) is 12.2. The average Bonchev–Trinajstić information content (AvgIpc) is 3.29. The highest BCUT2D eigenvalue weighted by atomic mass is 19.1. The molecular formula is C30H44FNO7. The van der Waals surface area contributed by atoms with E-state index in [0.717, 1.165) is 18.1 Å². The maximum absolute atomic E-state index is 15.4. The molecule has 3 heterocycles. The molecule has 0 spiro atoms. The Balaban J connectivity index is 1.90. The second-order valence-electron chi connectivity index (χ2n) is 12.2. The summed E-state index contributed by atoms with van der Waals surface area (Å²) < 4.78 is 32.0.